The summed E-state index contributed by atoms with van der Waals surface area (Å²) in [5.74, 6) is -3.54. The summed E-state index contributed by atoms with van der Waals surface area (Å²) in [7, 11) is 0. The predicted molar refractivity (Wildman–Crippen MR) is 102 cm³/mol. The highest BCUT2D eigenvalue weighted by molar-refractivity contribution is 5.92. The number of nitrogens with two attached hydrogens (primary N) is 1. The van der Waals surface area contributed by atoms with Crippen LogP contribution in [-0.2, 0) is 42.9 Å². The van der Waals surface area contributed by atoms with E-state index in [1.54, 1.807) is 0 Å². The first-order valence-corrected chi connectivity index (χ1v) is 9.60. The van der Waals surface area contributed by atoms with Crippen LogP contribution in [-0.4, -0.2) is 60.8 Å². The normalized spacial score (nSPS) is 24.7. The van der Waals surface area contributed by atoms with E-state index in [0.717, 1.165) is 20.8 Å². The summed E-state index contributed by atoms with van der Waals surface area (Å²) in [6, 6.07) is 2.97. The lowest BCUT2D eigenvalue weighted by Crippen LogP contribution is -2.65. The average Bonchev–Trinajstić information content (AvgIpc) is 2.68. The van der Waals surface area contributed by atoms with Crippen LogP contribution in [0.1, 0.15) is 44.3 Å². The van der Waals surface area contributed by atoms with Gasteiger partial charge in [-0.25, -0.2) is 0 Å². The molecule has 0 saturated carbocycles. The lowest BCUT2D eigenvalue weighted by molar-refractivity contribution is -0.777. The number of primary amides is 1. The summed E-state index contributed by atoms with van der Waals surface area (Å²) in [6.45, 7) is 4.22. The minimum absolute atomic E-state index is 0.125. The number of carbonyl (C=O) groups is 5. The average molecular weight is 453 g/mol. The van der Waals surface area contributed by atoms with Crippen LogP contribution in [0.15, 0.2) is 24.5 Å². The van der Waals surface area contributed by atoms with Crippen molar-refractivity contribution < 1.29 is 52.2 Å². The summed E-state index contributed by atoms with van der Waals surface area (Å²) in [5, 5.41) is 0. The molecule has 2 rings (SSSR count). The van der Waals surface area contributed by atoms with E-state index in [2.05, 4.69) is 0 Å². The Balaban J connectivity index is 2.58. The summed E-state index contributed by atoms with van der Waals surface area (Å²) in [6.07, 6.45) is -3.27. The van der Waals surface area contributed by atoms with Crippen LogP contribution in [0.4, 0.5) is 0 Å². The van der Waals surface area contributed by atoms with Crippen LogP contribution in [0.5, 0.6) is 0 Å². The molecule has 1 aliphatic rings. The van der Waals surface area contributed by atoms with Crippen molar-refractivity contribution in [2.45, 2.75) is 58.3 Å². The van der Waals surface area contributed by atoms with Gasteiger partial charge in [0, 0.05) is 33.8 Å². The van der Waals surface area contributed by atoms with Crippen LogP contribution in [0, 0.1) is 0 Å². The number of pyridine rings is 1. The first-order chi connectivity index (χ1) is 15.0. The van der Waals surface area contributed by atoms with Gasteiger partial charge in [-0.15, -0.1) is 0 Å². The quantitative estimate of drug-likeness (QED) is 0.318. The summed E-state index contributed by atoms with van der Waals surface area (Å²) in [5.41, 5.74) is 5.47. The van der Waals surface area contributed by atoms with Crippen LogP contribution < -0.4 is 10.3 Å². The second-order valence-electron chi connectivity index (χ2n) is 6.99. The fraction of sp³-hybridized carbons (Fsp3) is 0.500. The van der Waals surface area contributed by atoms with E-state index >= 15 is 0 Å². The number of ether oxygens (including phenoxy) is 5. The number of aromatic nitrogens is 1. The fourth-order valence-electron chi connectivity index (χ4n) is 3.24. The minimum atomic E-state index is -1.32. The van der Waals surface area contributed by atoms with Crippen molar-refractivity contribution in [2.75, 3.05) is 6.61 Å². The standard InChI is InChI=1S/C20H24N2O10/c1-10(23)28-9-15-16(29-11(2)24)17(30-12(3)25)18(31-13(4)26)20(32-15)22-7-5-6-14(8-22)19(21)27/h5-8,15-18,20H,9H2,1-4H3,(H-,21,27)/p+1/t15-,16-,17+,18+,20-/m1/s1. The zero-order chi connectivity index (χ0) is 24.0. The molecule has 12 heteroatoms. The molecule has 0 aliphatic carbocycles. The van der Waals surface area contributed by atoms with E-state index in [4.69, 9.17) is 29.4 Å². The Bertz CT molecular complexity index is 902. The number of hydrogen-bond acceptors (Lipinski definition) is 10. The number of nitrogens with zero attached hydrogens (tertiary/aromatic N) is 1. The van der Waals surface area contributed by atoms with Crippen molar-refractivity contribution in [3.8, 4) is 0 Å². The van der Waals surface area contributed by atoms with E-state index in [1.165, 1.54) is 36.0 Å². The van der Waals surface area contributed by atoms with Gasteiger partial charge >= 0.3 is 30.1 Å². The first kappa shape index (κ1) is 24.7. The molecule has 32 heavy (non-hydrogen) atoms. The zero-order valence-corrected chi connectivity index (χ0v) is 18.0. The summed E-state index contributed by atoms with van der Waals surface area (Å²) >= 11 is 0. The number of hydrogen-bond donors (Lipinski definition) is 1. The van der Waals surface area contributed by atoms with Gasteiger partial charge in [-0.2, -0.15) is 4.57 Å². The van der Waals surface area contributed by atoms with Crippen LogP contribution in [0.3, 0.4) is 0 Å². The third kappa shape index (κ3) is 6.48. The fourth-order valence-corrected chi connectivity index (χ4v) is 3.24. The second-order valence-corrected chi connectivity index (χ2v) is 6.99. The van der Waals surface area contributed by atoms with Crippen molar-refractivity contribution in [3.05, 3.63) is 30.1 Å². The molecule has 0 aromatic carbocycles. The SMILES string of the molecule is CC(=O)OC[C@H]1O[C@@H]([n+]2cccc(C(N)=O)c2)[C@@H](OC(C)=O)[C@@H](OC(C)=O)[C@@H]1OC(C)=O. The van der Waals surface area contributed by atoms with Crippen LogP contribution in [0.25, 0.3) is 0 Å². The van der Waals surface area contributed by atoms with E-state index in [0.29, 0.717) is 0 Å². The zero-order valence-electron chi connectivity index (χ0n) is 18.0. The highest BCUT2D eigenvalue weighted by Crippen LogP contribution is 2.32. The number of amides is 1. The molecule has 0 unspecified atom stereocenters. The molecule has 1 fully saturated rings. The first-order valence-electron chi connectivity index (χ1n) is 9.60. The molecule has 1 amide bonds. The Hall–Kier alpha value is -3.54. The molecule has 1 aromatic rings. The van der Waals surface area contributed by atoms with Gasteiger partial charge in [0.25, 0.3) is 5.91 Å². The van der Waals surface area contributed by atoms with Crippen LogP contribution in [0.2, 0.25) is 0 Å². The number of esters is 4. The smallest absolute Gasteiger partial charge is 0.304 e. The van der Waals surface area contributed by atoms with E-state index in [9.17, 15) is 24.0 Å². The Morgan fingerprint density at radius 2 is 1.47 bits per heavy atom. The maximum absolute atomic E-state index is 11.8. The molecule has 0 spiro atoms. The molecular weight excluding hydrogens is 428 g/mol. The van der Waals surface area contributed by atoms with Gasteiger partial charge in [0.15, 0.2) is 24.6 Å². The maximum Gasteiger partial charge on any atom is 0.304 e. The third-order valence-corrected chi connectivity index (χ3v) is 4.37. The Morgan fingerprint density at radius 1 is 0.906 bits per heavy atom. The van der Waals surface area contributed by atoms with Crippen molar-refractivity contribution >= 4 is 29.8 Å². The monoisotopic (exact) mass is 453 g/mol. The van der Waals surface area contributed by atoms with E-state index in [1.807, 2.05) is 0 Å². The summed E-state index contributed by atoms with van der Waals surface area (Å²) < 4.78 is 28.4. The molecule has 0 radical (unpaired) electrons. The van der Waals surface area contributed by atoms with Gasteiger partial charge in [0.05, 0.1) is 0 Å². The Morgan fingerprint density at radius 3 is 2.00 bits per heavy atom. The molecule has 1 aromatic heterocycles. The molecule has 2 N–H and O–H groups in total. The Kier molecular flexibility index (Phi) is 8.24. The largest absolute Gasteiger partial charge is 0.463 e. The maximum atomic E-state index is 11.8. The molecule has 12 nitrogen and oxygen atoms in total. The minimum Gasteiger partial charge on any atom is -0.463 e. The topological polar surface area (TPSA) is 161 Å². The molecule has 1 aliphatic heterocycles. The highest BCUT2D eigenvalue weighted by atomic mass is 16.7. The number of rotatable bonds is 7. The molecule has 5 atom stereocenters. The van der Waals surface area contributed by atoms with Gasteiger partial charge in [0.1, 0.15) is 18.3 Å². The second kappa shape index (κ2) is 10.7. The van der Waals surface area contributed by atoms with Crippen molar-refractivity contribution in [1.82, 2.24) is 0 Å². The van der Waals surface area contributed by atoms with Gasteiger partial charge in [-0.05, 0) is 6.07 Å². The van der Waals surface area contributed by atoms with Gasteiger partial charge < -0.3 is 29.4 Å². The third-order valence-electron chi connectivity index (χ3n) is 4.37. The van der Waals surface area contributed by atoms with Gasteiger partial charge in [-0.3, -0.25) is 24.0 Å². The lowest BCUT2D eigenvalue weighted by Gasteiger charge is -2.41. The number of carbonyl (C=O) groups excluding carboxylic acids is 5. The van der Waals surface area contributed by atoms with Crippen molar-refractivity contribution in [3.63, 3.8) is 0 Å². The van der Waals surface area contributed by atoms with Gasteiger partial charge in [0.2, 0.25) is 6.10 Å². The van der Waals surface area contributed by atoms with Crippen LogP contribution >= 0.6 is 0 Å². The predicted octanol–water partition coefficient (Wildman–Crippen LogP) is -0.671. The van der Waals surface area contributed by atoms with E-state index in [-0.39, 0.29) is 12.2 Å². The van der Waals surface area contributed by atoms with Crippen molar-refractivity contribution in [1.29, 1.82) is 0 Å². The summed E-state index contributed by atoms with van der Waals surface area (Å²) in [4.78, 5) is 58.4. The van der Waals surface area contributed by atoms with E-state index < -0.39 is 60.4 Å². The highest BCUT2D eigenvalue weighted by Gasteiger charge is 2.56. The molecule has 174 valence electrons. The van der Waals surface area contributed by atoms with Crippen molar-refractivity contribution in [2.24, 2.45) is 5.73 Å². The molecule has 1 saturated heterocycles. The lowest BCUT2D eigenvalue weighted by atomic mass is 9.97. The Labute approximate surface area is 183 Å². The molecule has 0 bridgehead atoms. The molecular formula is C20H25N2O10+. The van der Waals surface area contributed by atoms with Gasteiger partial charge in [-0.1, -0.05) is 0 Å². The molecule has 2 heterocycles.